The van der Waals surface area contributed by atoms with Crippen molar-refractivity contribution in [1.82, 2.24) is 24.9 Å². The second kappa shape index (κ2) is 14.7. The molecule has 7 aromatic carbocycles. The van der Waals surface area contributed by atoms with Crippen LogP contribution in [-0.2, 0) is 0 Å². The topological polar surface area (TPSA) is 64.5 Å². The van der Waals surface area contributed by atoms with Gasteiger partial charge in [-0.3, -0.25) is 15.0 Å². The third-order valence-electron chi connectivity index (χ3n) is 12.1. The number of hydrogen-bond donors (Lipinski definition) is 0. The van der Waals surface area contributed by atoms with Crippen molar-refractivity contribution < 1.29 is 0 Å². The van der Waals surface area contributed by atoms with Crippen LogP contribution in [0.25, 0.3) is 121 Å². The van der Waals surface area contributed by atoms with Gasteiger partial charge in [-0.05, 0) is 109 Å². The van der Waals surface area contributed by atoms with Gasteiger partial charge in [-0.2, -0.15) is 0 Å². The van der Waals surface area contributed by atoms with Crippen LogP contribution in [0.3, 0.4) is 0 Å². The molecule has 12 aromatic rings. The van der Waals surface area contributed by atoms with E-state index >= 15 is 0 Å². The minimum absolute atomic E-state index is 0.903. The Morgan fingerprint density at radius 2 is 0.742 bits per heavy atom. The Hall–Kier alpha value is -8.41. The molecule has 0 aliphatic heterocycles. The van der Waals surface area contributed by atoms with Gasteiger partial charge in [0.25, 0.3) is 0 Å². The maximum absolute atomic E-state index is 5.39. The summed E-state index contributed by atoms with van der Waals surface area (Å²) in [5, 5.41) is 7.93. The van der Waals surface area contributed by atoms with Gasteiger partial charge in [0.1, 0.15) is 0 Å². The van der Waals surface area contributed by atoms with Gasteiger partial charge in [0.2, 0.25) is 0 Å². The van der Waals surface area contributed by atoms with E-state index in [1.165, 1.54) is 32.7 Å². The van der Waals surface area contributed by atoms with Gasteiger partial charge in [-0.25, -0.2) is 9.97 Å². The SMILES string of the molecule is c1cnc2c(c1)ccc1c(-c3c4ccccc4c(-c4cc(-c5ccc(-c6ccncc6)cc5)nc(-c5ccc(-c6ccncc6)cc5)c4)c4ccccc34)c3ccccc3nc12. The minimum atomic E-state index is 0.903. The van der Waals surface area contributed by atoms with Crippen molar-refractivity contribution in [3.8, 4) is 67.0 Å². The highest BCUT2D eigenvalue weighted by Gasteiger charge is 2.22. The van der Waals surface area contributed by atoms with Crippen molar-refractivity contribution >= 4 is 54.3 Å². The summed E-state index contributed by atoms with van der Waals surface area (Å²) in [5.74, 6) is 0. The predicted molar refractivity (Wildman–Crippen MR) is 256 cm³/mol. The van der Waals surface area contributed by atoms with Crippen LogP contribution < -0.4 is 0 Å². The molecule has 0 N–H and O–H groups in total. The normalized spacial score (nSPS) is 11.5. The Labute approximate surface area is 357 Å². The summed E-state index contributed by atoms with van der Waals surface area (Å²) in [4.78, 5) is 24.0. The number of nitrogens with zero attached hydrogens (tertiary/aromatic N) is 5. The van der Waals surface area contributed by atoms with Crippen LogP contribution in [0.1, 0.15) is 0 Å². The maximum Gasteiger partial charge on any atom is 0.0978 e. The number of rotatable bonds is 6. The van der Waals surface area contributed by atoms with Gasteiger partial charge in [-0.1, -0.05) is 133 Å². The average molecular weight is 790 g/mol. The molecule has 288 valence electrons. The molecular formula is C57H35N5. The van der Waals surface area contributed by atoms with E-state index in [4.69, 9.17) is 15.0 Å². The number of pyridine rings is 5. The third kappa shape index (κ3) is 5.98. The lowest BCUT2D eigenvalue weighted by Crippen LogP contribution is -1.96. The van der Waals surface area contributed by atoms with E-state index in [9.17, 15) is 0 Å². The van der Waals surface area contributed by atoms with Gasteiger partial charge in [-0.15, -0.1) is 0 Å². The number of para-hydroxylation sites is 1. The van der Waals surface area contributed by atoms with Crippen molar-refractivity contribution in [2.75, 3.05) is 0 Å². The van der Waals surface area contributed by atoms with Crippen molar-refractivity contribution in [3.05, 3.63) is 213 Å². The Morgan fingerprint density at radius 1 is 0.274 bits per heavy atom. The third-order valence-corrected chi connectivity index (χ3v) is 12.1. The van der Waals surface area contributed by atoms with Gasteiger partial charge >= 0.3 is 0 Å². The van der Waals surface area contributed by atoms with Crippen molar-refractivity contribution in [1.29, 1.82) is 0 Å². The first-order chi connectivity index (χ1) is 30.7. The zero-order chi connectivity index (χ0) is 41.0. The largest absolute Gasteiger partial charge is 0.265 e. The van der Waals surface area contributed by atoms with E-state index in [1.807, 2.05) is 61.3 Å². The molecule has 0 bridgehead atoms. The molecule has 5 heterocycles. The molecule has 12 rings (SSSR count). The smallest absolute Gasteiger partial charge is 0.0978 e. The lowest BCUT2D eigenvalue weighted by atomic mass is 9.83. The Bertz CT molecular complexity index is 3500. The maximum atomic E-state index is 5.39. The summed E-state index contributed by atoms with van der Waals surface area (Å²) in [6, 6.07) is 64.8. The first-order valence-corrected chi connectivity index (χ1v) is 20.8. The molecule has 0 fully saturated rings. The van der Waals surface area contributed by atoms with Crippen molar-refractivity contribution in [2.45, 2.75) is 0 Å². The fourth-order valence-electron chi connectivity index (χ4n) is 9.20. The van der Waals surface area contributed by atoms with Crippen LogP contribution in [0.4, 0.5) is 0 Å². The Morgan fingerprint density at radius 3 is 1.31 bits per heavy atom. The van der Waals surface area contributed by atoms with Gasteiger partial charge in [0.05, 0.1) is 27.9 Å². The molecule has 0 unspecified atom stereocenters. The van der Waals surface area contributed by atoms with Crippen LogP contribution in [0.5, 0.6) is 0 Å². The van der Waals surface area contributed by atoms with Gasteiger partial charge in [0, 0.05) is 63.8 Å². The molecule has 0 saturated heterocycles. The molecule has 5 heteroatoms. The van der Waals surface area contributed by atoms with Gasteiger partial charge < -0.3 is 0 Å². The predicted octanol–water partition coefficient (Wildman–Crippen LogP) is 14.4. The first-order valence-electron chi connectivity index (χ1n) is 20.8. The number of fused-ring (bicyclic) bond motifs is 6. The number of benzene rings is 7. The van der Waals surface area contributed by atoms with Crippen LogP contribution >= 0.6 is 0 Å². The zero-order valence-corrected chi connectivity index (χ0v) is 33.4. The van der Waals surface area contributed by atoms with E-state index in [-0.39, 0.29) is 0 Å². The van der Waals surface area contributed by atoms with E-state index in [0.717, 1.165) is 88.6 Å². The summed E-state index contributed by atoms with van der Waals surface area (Å²) in [6.07, 6.45) is 9.19. The second-order valence-electron chi connectivity index (χ2n) is 15.6. The Kier molecular flexibility index (Phi) is 8.42. The summed E-state index contributed by atoms with van der Waals surface area (Å²) in [6.45, 7) is 0. The molecule has 0 spiro atoms. The van der Waals surface area contributed by atoms with Gasteiger partial charge in [0.15, 0.2) is 0 Å². The fourth-order valence-corrected chi connectivity index (χ4v) is 9.20. The van der Waals surface area contributed by atoms with E-state index in [2.05, 4.69) is 162 Å². The second-order valence-corrected chi connectivity index (χ2v) is 15.6. The minimum Gasteiger partial charge on any atom is -0.265 e. The highest BCUT2D eigenvalue weighted by atomic mass is 14.7. The lowest BCUT2D eigenvalue weighted by Gasteiger charge is -2.21. The van der Waals surface area contributed by atoms with Crippen LogP contribution in [0.2, 0.25) is 0 Å². The van der Waals surface area contributed by atoms with Crippen LogP contribution in [0.15, 0.2) is 213 Å². The molecule has 62 heavy (non-hydrogen) atoms. The fraction of sp³-hybridized carbons (Fsp3) is 0. The Balaban J connectivity index is 1.13. The highest BCUT2D eigenvalue weighted by molar-refractivity contribution is 6.28. The quantitative estimate of drug-likeness (QED) is 0.124. The zero-order valence-electron chi connectivity index (χ0n) is 33.4. The first kappa shape index (κ1) is 35.5. The standard InChI is InChI=1S/C57H35N5/c1-3-11-46-44(9-1)53(45-10-2-4-12-47(45)54(46)55-48-13-5-6-14-50(48)62-57-49(55)24-23-42-8-7-29-60-56(42)57)43-34-51(40-19-15-36(16-20-40)38-25-30-58-31-26-38)61-52(35-43)41-21-17-37(18-22-41)39-27-32-59-33-28-39/h1-35H. The molecule has 5 aromatic heterocycles. The summed E-state index contributed by atoms with van der Waals surface area (Å²) < 4.78 is 0. The monoisotopic (exact) mass is 789 g/mol. The highest BCUT2D eigenvalue weighted by Crippen LogP contribution is 2.48. The summed E-state index contributed by atoms with van der Waals surface area (Å²) in [5.41, 5.74) is 15.8. The molecule has 0 aliphatic rings. The van der Waals surface area contributed by atoms with E-state index in [0.29, 0.717) is 0 Å². The molecule has 0 amide bonds. The average Bonchev–Trinajstić information content (AvgIpc) is 3.35. The molecule has 0 atom stereocenters. The van der Waals surface area contributed by atoms with E-state index in [1.54, 1.807) is 0 Å². The number of aromatic nitrogens is 5. The molecule has 0 saturated carbocycles. The van der Waals surface area contributed by atoms with Crippen LogP contribution in [0, 0.1) is 0 Å². The summed E-state index contributed by atoms with van der Waals surface area (Å²) in [7, 11) is 0. The molecule has 0 radical (unpaired) electrons. The van der Waals surface area contributed by atoms with Crippen molar-refractivity contribution in [2.24, 2.45) is 0 Å². The molecule has 0 aliphatic carbocycles. The summed E-state index contributed by atoms with van der Waals surface area (Å²) >= 11 is 0. The van der Waals surface area contributed by atoms with E-state index < -0.39 is 0 Å². The molecular weight excluding hydrogens is 755 g/mol. The van der Waals surface area contributed by atoms with Crippen molar-refractivity contribution in [3.63, 3.8) is 0 Å². The molecule has 5 nitrogen and oxygen atoms in total. The van der Waals surface area contributed by atoms with Crippen LogP contribution in [-0.4, -0.2) is 24.9 Å². The number of hydrogen-bond acceptors (Lipinski definition) is 5. The lowest BCUT2D eigenvalue weighted by molar-refractivity contribution is 1.32.